The van der Waals surface area contributed by atoms with Crippen LogP contribution < -0.4 is 5.32 Å². The molecule has 1 aromatic rings. The number of hydrogen-bond donors (Lipinski definition) is 1. The van der Waals surface area contributed by atoms with E-state index < -0.39 is 0 Å². The molecule has 0 atom stereocenters. The molecule has 4 heteroatoms. The van der Waals surface area contributed by atoms with Crippen LogP contribution in [0.15, 0.2) is 18.2 Å². The van der Waals surface area contributed by atoms with Crippen LogP contribution in [-0.4, -0.2) is 10.9 Å². The lowest BCUT2D eigenvalue weighted by atomic mass is 10.0. The van der Waals surface area contributed by atoms with Gasteiger partial charge in [0, 0.05) is 22.4 Å². The second-order valence-electron chi connectivity index (χ2n) is 4.41. The monoisotopic (exact) mass is 307 g/mol. The van der Waals surface area contributed by atoms with Crippen LogP contribution in [0.3, 0.4) is 0 Å². The average Bonchev–Trinajstić information content (AvgIpc) is 2.16. The van der Waals surface area contributed by atoms with Gasteiger partial charge in [-0.05, 0) is 38.0 Å². The molecular formula is C12H16BrClFN. The zero-order chi connectivity index (χ0) is 12.2. The first-order valence-electron chi connectivity index (χ1n) is 5.19. The average molecular weight is 309 g/mol. The van der Waals surface area contributed by atoms with E-state index in [1.807, 2.05) is 0 Å². The molecule has 0 aliphatic carbocycles. The Balaban J connectivity index is 2.61. The number of nitrogens with one attached hydrogen (secondary N) is 1. The van der Waals surface area contributed by atoms with E-state index in [1.165, 1.54) is 12.1 Å². The Morgan fingerprint density at radius 2 is 2.12 bits per heavy atom. The van der Waals surface area contributed by atoms with Crippen LogP contribution in [0.2, 0.25) is 5.02 Å². The van der Waals surface area contributed by atoms with Gasteiger partial charge in [0.1, 0.15) is 5.82 Å². The Hall–Kier alpha value is -0.120. The maximum atomic E-state index is 12.8. The van der Waals surface area contributed by atoms with Crippen molar-refractivity contribution < 1.29 is 4.39 Å². The smallest absolute Gasteiger partial charge is 0.124 e. The zero-order valence-corrected chi connectivity index (χ0v) is 11.8. The molecule has 1 aromatic carbocycles. The lowest BCUT2D eigenvalue weighted by Crippen LogP contribution is -2.39. The highest BCUT2D eigenvalue weighted by molar-refractivity contribution is 9.09. The summed E-state index contributed by atoms with van der Waals surface area (Å²) in [4.78, 5) is 0. The minimum Gasteiger partial charge on any atom is -0.308 e. The van der Waals surface area contributed by atoms with Crippen molar-refractivity contribution in [2.75, 3.05) is 5.33 Å². The molecule has 0 unspecified atom stereocenters. The fraction of sp³-hybridized carbons (Fsp3) is 0.500. The molecule has 0 fully saturated rings. The Morgan fingerprint density at radius 3 is 2.69 bits per heavy atom. The molecule has 0 saturated heterocycles. The predicted octanol–water partition coefficient (Wildman–Crippen LogP) is 4.13. The summed E-state index contributed by atoms with van der Waals surface area (Å²) < 4.78 is 12.8. The van der Waals surface area contributed by atoms with Gasteiger partial charge < -0.3 is 5.32 Å². The number of halogens is 3. The second kappa shape index (κ2) is 5.99. The molecule has 0 aromatic heterocycles. The molecule has 0 spiro atoms. The summed E-state index contributed by atoms with van der Waals surface area (Å²) in [6, 6.07) is 4.49. The van der Waals surface area contributed by atoms with Crippen molar-refractivity contribution in [3.8, 4) is 0 Å². The van der Waals surface area contributed by atoms with Crippen LogP contribution in [0.1, 0.15) is 25.8 Å². The van der Waals surface area contributed by atoms with E-state index in [1.54, 1.807) is 6.07 Å². The van der Waals surface area contributed by atoms with Gasteiger partial charge in [-0.3, -0.25) is 0 Å². The largest absolute Gasteiger partial charge is 0.308 e. The van der Waals surface area contributed by atoms with E-state index in [9.17, 15) is 4.39 Å². The van der Waals surface area contributed by atoms with E-state index in [2.05, 4.69) is 35.1 Å². The maximum absolute atomic E-state index is 12.8. The van der Waals surface area contributed by atoms with Crippen molar-refractivity contribution in [1.29, 1.82) is 0 Å². The molecule has 0 aliphatic rings. The first kappa shape index (κ1) is 13.9. The van der Waals surface area contributed by atoms with Gasteiger partial charge in [0.05, 0.1) is 0 Å². The van der Waals surface area contributed by atoms with Gasteiger partial charge >= 0.3 is 0 Å². The summed E-state index contributed by atoms with van der Waals surface area (Å²) in [6.07, 6.45) is 1.02. The van der Waals surface area contributed by atoms with Gasteiger partial charge in [0.15, 0.2) is 0 Å². The third kappa shape index (κ3) is 4.40. The number of hydrogen-bond acceptors (Lipinski definition) is 1. The van der Waals surface area contributed by atoms with E-state index in [0.29, 0.717) is 11.6 Å². The summed E-state index contributed by atoms with van der Waals surface area (Å²) in [5.41, 5.74) is 0.965. The molecule has 0 saturated carbocycles. The molecule has 0 heterocycles. The van der Waals surface area contributed by atoms with Gasteiger partial charge in [-0.1, -0.05) is 33.6 Å². The standard InChI is InChI=1S/C12H16BrClFN/c1-12(2,5-6-13)16-8-9-3-4-10(15)7-11(9)14/h3-4,7,16H,5-6,8H2,1-2H3. The van der Waals surface area contributed by atoms with Gasteiger partial charge in [-0.15, -0.1) is 0 Å². The lowest BCUT2D eigenvalue weighted by molar-refractivity contribution is 0.378. The fourth-order valence-electron chi connectivity index (χ4n) is 1.32. The third-order valence-electron chi connectivity index (χ3n) is 2.49. The van der Waals surface area contributed by atoms with Crippen molar-refractivity contribution in [2.24, 2.45) is 0 Å². The van der Waals surface area contributed by atoms with Crippen molar-refractivity contribution in [3.63, 3.8) is 0 Å². The fourth-order valence-corrected chi connectivity index (χ4v) is 2.55. The SMILES string of the molecule is CC(C)(CCBr)NCc1ccc(F)cc1Cl. The molecule has 0 amide bonds. The first-order valence-corrected chi connectivity index (χ1v) is 6.69. The van der Waals surface area contributed by atoms with Crippen LogP contribution in [0.25, 0.3) is 0 Å². The summed E-state index contributed by atoms with van der Waals surface area (Å²) in [7, 11) is 0. The first-order chi connectivity index (χ1) is 7.44. The summed E-state index contributed by atoms with van der Waals surface area (Å²) in [5.74, 6) is -0.298. The maximum Gasteiger partial charge on any atom is 0.124 e. The van der Waals surface area contributed by atoms with Crippen LogP contribution in [0.5, 0.6) is 0 Å². The minimum atomic E-state index is -0.298. The second-order valence-corrected chi connectivity index (χ2v) is 5.61. The Bertz CT molecular complexity index is 355. The van der Waals surface area contributed by atoms with Crippen LogP contribution in [-0.2, 0) is 6.54 Å². The van der Waals surface area contributed by atoms with Crippen molar-refractivity contribution >= 4 is 27.5 Å². The highest BCUT2D eigenvalue weighted by atomic mass is 79.9. The molecule has 1 rings (SSSR count). The highest BCUT2D eigenvalue weighted by Crippen LogP contribution is 2.18. The molecule has 90 valence electrons. The van der Waals surface area contributed by atoms with Gasteiger partial charge in [0.25, 0.3) is 0 Å². The van der Waals surface area contributed by atoms with Crippen LogP contribution in [0.4, 0.5) is 4.39 Å². The molecule has 16 heavy (non-hydrogen) atoms. The van der Waals surface area contributed by atoms with E-state index in [4.69, 9.17) is 11.6 Å². The van der Waals surface area contributed by atoms with Gasteiger partial charge in [0.2, 0.25) is 0 Å². The zero-order valence-electron chi connectivity index (χ0n) is 9.49. The third-order valence-corrected chi connectivity index (χ3v) is 3.24. The Morgan fingerprint density at radius 1 is 1.44 bits per heavy atom. The molecular weight excluding hydrogens is 292 g/mol. The van der Waals surface area contributed by atoms with E-state index in [-0.39, 0.29) is 11.4 Å². The van der Waals surface area contributed by atoms with Crippen molar-refractivity contribution in [1.82, 2.24) is 5.32 Å². The van der Waals surface area contributed by atoms with Gasteiger partial charge in [-0.2, -0.15) is 0 Å². The Labute approximate surface area is 110 Å². The van der Waals surface area contributed by atoms with Crippen molar-refractivity contribution in [3.05, 3.63) is 34.6 Å². The predicted molar refractivity (Wildman–Crippen MR) is 70.7 cm³/mol. The van der Waals surface area contributed by atoms with Crippen LogP contribution >= 0.6 is 27.5 Å². The van der Waals surface area contributed by atoms with E-state index >= 15 is 0 Å². The molecule has 1 N–H and O–H groups in total. The topological polar surface area (TPSA) is 12.0 Å². The van der Waals surface area contributed by atoms with E-state index in [0.717, 1.165) is 17.3 Å². The number of rotatable bonds is 5. The quantitative estimate of drug-likeness (QED) is 0.806. The summed E-state index contributed by atoms with van der Waals surface area (Å²) >= 11 is 9.37. The molecule has 0 bridgehead atoms. The molecule has 0 radical (unpaired) electrons. The normalized spacial score (nSPS) is 11.8. The Kier molecular flexibility index (Phi) is 5.22. The summed E-state index contributed by atoms with van der Waals surface area (Å²) in [5, 5.41) is 4.82. The lowest BCUT2D eigenvalue weighted by Gasteiger charge is -2.25. The van der Waals surface area contributed by atoms with Gasteiger partial charge in [-0.25, -0.2) is 4.39 Å². The number of alkyl halides is 1. The van der Waals surface area contributed by atoms with Crippen molar-refractivity contribution in [2.45, 2.75) is 32.4 Å². The minimum absolute atomic E-state index is 0.0429. The highest BCUT2D eigenvalue weighted by Gasteiger charge is 2.16. The van der Waals surface area contributed by atoms with Crippen LogP contribution in [0, 0.1) is 5.82 Å². The molecule has 0 aliphatic heterocycles. The molecule has 1 nitrogen and oxygen atoms in total. The number of benzene rings is 1. The summed E-state index contributed by atoms with van der Waals surface area (Å²) in [6.45, 7) is 4.91.